The Balaban J connectivity index is 1.42. The zero-order valence-corrected chi connectivity index (χ0v) is 26.3. The number of hydrogen-bond donors (Lipinski definition) is 2. The van der Waals surface area contributed by atoms with Crippen molar-refractivity contribution in [3.05, 3.63) is 131 Å². The standard InChI is InChI=1S/C36H36N4O4S/c1-4-27-14-8-10-23(2)32(27)33(45)38-30(36(43)44)20-25-15-17-29(18-16-25)40-34(28-12-6-5-7-13-28)39(24(3)41)31(35(40)42)21-26-11-9-19-37-22-26/h5-19,22,30-31,34H,4,20-21H2,1-3H3,(H,38,45)(H,43,44)/t30-,31+,34+/m0/s1. The average molecular weight is 621 g/mol. The van der Waals surface area contributed by atoms with Gasteiger partial charge in [0.25, 0.3) is 5.91 Å². The maximum Gasteiger partial charge on any atom is 0.326 e. The van der Waals surface area contributed by atoms with Crippen molar-refractivity contribution in [2.45, 2.75) is 58.3 Å². The molecule has 1 fully saturated rings. The second-order valence-electron chi connectivity index (χ2n) is 11.2. The molecule has 4 aromatic rings. The number of carbonyl (C=O) groups excluding carboxylic acids is 2. The van der Waals surface area contributed by atoms with Gasteiger partial charge in [0.05, 0.1) is 0 Å². The first-order valence-corrected chi connectivity index (χ1v) is 15.4. The van der Waals surface area contributed by atoms with Gasteiger partial charge in [0.1, 0.15) is 23.2 Å². The minimum absolute atomic E-state index is 0.183. The molecule has 0 spiro atoms. The molecular formula is C36H36N4O4S. The van der Waals surface area contributed by atoms with E-state index in [1.54, 1.807) is 22.2 Å². The third kappa shape index (κ3) is 6.78. The number of nitrogens with one attached hydrogen (secondary N) is 1. The molecule has 1 aromatic heterocycles. The molecule has 5 rings (SSSR count). The van der Waals surface area contributed by atoms with Crippen molar-refractivity contribution in [1.29, 1.82) is 0 Å². The van der Waals surface area contributed by atoms with E-state index in [0.717, 1.165) is 39.8 Å². The first-order chi connectivity index (χ1) is 21.7. The normalized spacial score (nSPS) is 16.8. The maximum atomic E-state index is 14.1. The summed E-state index contributed by atoms with van der Waals surface area (Å²) in [5.41, 5.74) is 5.96. The lowest BCUT2D eigenvalue weighted by atomic mass is 9.99. The second kappa shape index (κ2) is 13.8. The molecule has 1 saturated heterocycles. The van der Waals surface area contributed by atoms with Crippen LogP contribution in [0.5, 0.6) is 0 Å². The lowest BCUT2D eigenvalue weighted by molar-refractivity contribution is -0.139. The Morgan fingerprint density at radius 3 is 2.33 bits per heavy atom. The maximum absolute atomic E-state index is 14.1. The predicted octanol–water partition coefficient (Wildman–Crippen LogP) is 5.42. The van der Waals surface area contributed by atoms with Gasteiger partial charge in [0, 0.05) is 43.4 Å². The van der Waals surface area contributed by atoms with Crippen LogP contribution in [0.2, 0.25) is 0 Å². The molecular weight excluding hydrogens is 584 g/mol. The van der Waals surface area contributed by atoms with Gasteiger partial charge in [-0.05, 0) is 59.4 Å². The van der Waals surface area contributed by atoms with E-state index in [0.29, 0.717) is 17.1 Å². The molecule has 8 nitrogen and oxygen atoms in total. The van der Waals surface area contributed by atoms with Crippen molar-refractivity contribution in [1.82, 2.24) is 15.2 Å². The molecule has 230 valence electrons. The number of thiocarbonyl (C=S) groups is 1. The lowest BCUT2D eigenvalue weighted by Gasteiger charge is -2.31. The third-order valence-corrected chi connectivity index (χ3v) is 8.53. The quantitative estimate of drug-likeness (QED) is 0.228. The fraction of sp³-hybridized carbons (Fsp3) is 0.250. The highest BCUT2D eigenvalue weighted by Crippen LogP contribution is 2.39. The van der Waals surface area contributed by atoms with Crippen molar-refractivity contribution in [2.75, 3.05) is 4.90 Å². The molecule has 3 aromatic carbocycles. The van der Waals surface area contributed by atoms with Gasteiger partial charge < -0.3 is 15.3 Å². The number of hydrogen-bond acceptors (Lipinski definition) is 5. The average Bonchev–Trinajstić information content (AvgIpc) is 3.33. The van der Waals surface area contributed by atoms with E-state index in [1.165, 1.54) is 6.92 Å². The zero-order valence-electron chi connectivity index (χ0n) is 25.5. The number of amides is 2. The van der Waals surface area contributed by atoms with Gasteiger partial charge >= 0.3 is 5.97 Å². The second-order valence-corrected chi connectivity index (χ2v) is 11.6. The van der Waals surface area contributed by atoms with Gasteiger partial charge in [0.2, 0.25) is 5.91 Å². The predicted molar refractivity (Wildman–Crippen MR) is 178 cm³/mol. The molecule has 2 heterocycles. The molecule has 0 bridgehead atoms. The fourth-order valence-electron chi connectivity index (χ4n) is 6.02. The number of carboxylic acids is 1. The van der Waals surface area contributed by atoms with E-state index in [9.17, 15) is 19.5 Å². The summed E-state index contributed by atoms with van der Waals surface area (Å²) in [6.07, 6.45) is 4.03. The largest absolute Gasteiger partial charge is 0.480 e. The number of rotatable bonds is 10. The zero-order chi connectivity index (χ0) is 32.1. The summed E-state index contributed by atoms with van der Waals surface area (Å²) in [7, 11) is 0. The van der Waals surface area contributed by atoms with E-state index in [-0.39, 0.29) is 18.2 Å². The Morgan fingerprint density at radius 2 is 1.71 bits per heavy atom. The first kappa shape index (κ1) is 31.5. The van der Waals surface area contributed by atoms with E-state index < -0.39 is 24.2 Å². The summed E-state index contributed by atoms with van der Waals surface area (Å²) in [5, 5.41) is 13.1. The SMILES string of the molecule is CCc1cccc(C)c1C(=S)N[C@@H](Cc1ccc(N2C(=O)[C@@H](Cc3cccnc3)N(C(C)=O)[C@H]2c2ccccc2)cc1)C(=O)O. The summed E-state index contributed by atoms with van der Waals surface area (Å²) < 4.78 is 0. The van der Waals surface area contributed by atoms with Crippen LogP contribution in [0.4, 0.5) is 5.69 Å². The van der Waals surface area contributed by atoms with Gasteiger partial charge in [-0.25, -0.2) is 4.79 Å². The summed E-state index contributed by atoms with van der Waals surface area (Å²) in [4.78, 5) is 47.4. The smallest absolute Gasteiger partial charge is 0.326 e. The summed E-state index contributed by atoms with van der Waals surface area (Å²) in [5.74, 6) is -1.42. The van der Waals surface area contributed by atoms with Gasteiger partial charge in [-0.1, -0.05) is 85.9 Å². The number of aryl methyl sites for hydroxylation is 2. The number of carboxylic acid groups (broad SMARTS) is 1. The van der Waals surface area contributed by atoms with Gasteiger partial charge in [0.15, 0.2) is 0 Å². The highest BCUT2D eigenvalue weighted by Gasteiger charge is 2.48. The van der Waals surface area contributed by atoms with Crippen molar-refractivity contribution >= 4 is 40.7 Å². The Morgan fingerprint density at radius 1 is 0.978 bits per heavy atom. The van der Waals surface area contributed by atoms with Crippen molar-refractivity contribution in [3.63, 3.8) is 0 Å². The van der Waals surface area contributed by atoms with E-state index in [4.69, 9.17) is 12.2 Å². The Labute approximate surface area is 268 Å². The first-order valence-electron chi connectivity index (χ1n) is 15.0. The van der Waals surface area contributed by atoms with Crippen molar-refractivity contribution < 1.29 is 19.5 Å². The van der Waals surface area contributed by atoms with Crippen LogP contribution in [0.3, 0.4) is 0 Å². The molecule has 1 aliphatic rings. The van der Waals surface area contributed by atoms with Crippen molar-refractivity contribution in [2.24, 2.45) is 0 Å². The minimum atomic E-state index is -1.01. The van der Waals surface area contributed by atoms with Crippen LogP contribution < -0.4 is 10.2 Å². The molecule has 0 saturated carbocycles. The van der Waals surface area contributed by atoms with E-state index >= 15 is 0 Å². The number of aliphatic carboxylic acids is 1. The molecule has 45 heavy (non-hydrogen) atoms. The Bertz CT molecular complexity index is 1700. The van der Waals surface area contributed by atoms with E-state index in [1.807, 2.05) is 98.8 Å². The number of nitrogens with zero attached hydrogens (tertiary/aromatic N) is 3. The number of benzene rings is 3. The lowest BCUT2D eigenvalue weighted by Crippen LogP contribution is -2.42. The highest BCUT2D eigenvalue weighted by atomic mass is 32.1. The van der Waals surface area contributed by atoms with Crippen LogP contribution >= 0.6 is 12.2 Å². The van der Waals surface area contributed by atoms with Crippen LogP contribution in [0.1, 0.15) is 53.4 Å². The number of aromatic nitrogens is 1. The van der Waals surface area contributed by atoms with Crippen LogP contribution in [-0.4, -0.2) is 49.8 Å². The van der Waals surface area contributed by atoms with Crippen LogP contribution in [0.15, 0.2) is 97.3 Å². The van der Waals surface area contributed by atoms with Crippen LogP contribution in [0, 0.1) is 6.92 Å². The molecule has 2 N–H and O–H groups in total. The molecule has 0 unspecified atom stereocenters. The molecule has 0 radical (unpaired) electrons. The Kier molecular flexibility index (Phi) is 9.68. The fourth-order valence-corrected chi connectivity index (χ4v) is 6.46. The molecule has 1 aliphatic heterocycles. The number of carbonyl (C=O) groups is 3. The topological polar surface area (TPSA) is 103 Å². The van der Waals surface area contributed by atoms with E-state index in [2.05, 4.69) is 10.3 Å². The summed E-state index contributed by atoms with van der Waals surface area (Å²) in [6.45, 7) is 5.49. The summed E-state index contributed by atoms with van der Waals surface area (Å²) in [6, 6.07) is 24.7. The summed E-state index contributed by atoms with van der Waals surface area (Å²) >= 11 is 5.67. The van der Waals surface area contributed by atoms with Gasteiger partial charge in [-0.15, -0.1) is 0 Å². The van der Waals surface area contributed by atoms with Crippen LogP contribution in [-0.2, 0) is 33.6 Å². The Hall–Kier alpha value is -4.89. The highest BCUT2D eigenvalue weighted by molar-refractivity contribution is 7.80. The molecule has 2 amide bonds. The number of pyridine rings is 1. The molecule has 0 aliphatic carbocycles. The van der Waals surface area contributed by atoms with Crippen LogP contribution in [0.25, 0.3) is 0 Å². The third-order valence-electron chi connectivity index (χ3n) is 8.20. The monoisotopic (exact) mass is 620 g/mol. The minimum Gasteiger partial charge on any atom is -0.480 e. The molecule has 9 heteroatoms. The van der Waals surface area contributed by atoms with Gasteiger partial charge in [-0.2, -0.15) is 0 Å². The number of anilines is 1. The van der Waals surface area contributed by atoms with Crippen molar-refractivity contribution in [3.8, 4) is 0 Å². The molecule has 3 atom stereocenters. The van der Waals surface area contributed by atoms with Gasteiger partial charge in [-0.3, -0.25) is 19.5 Å².